The Bertz CT molecular complexity index is 1690. The number of hydrogen-bond donors (Lipinski definition) is 3. The van der Waals surface area contributed by atoms with Crippen LogP contribution in [-0.4, -0.2) is 37.2 Å². The lowest BCUT2D eigenvalue weighted by molar-refractivity contribution is -0.115. The maximum atomic E-state index is 13.5. The Morgan fingerprint density at radius 1 is 0.795 bits per heavy atom. The zero-order valence-electron chi connectivity index (χ0n) is 25.3. The molecule has 0 heterocycles. The molecule has 0 aromatic heterocycles. The highest BCUT2D eigenvalue weighted by Crippen LogP contribution is 2.29. The minimum atomic E-state index is -0.521. The van der Waals surface area contributed by atoms with Gasteiger partial charge in [-0.1, -0.05) is 42.5 Å². The molecule has 0 saturated heterocycles. The topological polar surface area (TPSA) is 106 Å². The molecule has 4 aromatic rings. The lowest BCUT2D eigenvalue weighted by Crippen LogP contribution is -2.30. The molecule has 0 aliphatic heterocycles. The van der Waals surface area contributed by atoms with Gasteiger partial charge in [0.2, 0.25) is 5.91 Å². The molecule has 0 aliphatic rings. The molecule has 0 aliphatic carbocycles. The molecule has 3 amide bonds. The number of methoxy groups -OCH3 is 2. The summed E-state index contributed by atoms with van der Waals surface area (Å²) in [6.45, 7) is 5.81. The molecule has 3 N–H and O–H groups in total. The normalized spacial score (nSPS) is 11.7. The van der Waals surface area contributed by atoms with Crippen LogP contribution in [0.2, 0.25) is 0 Å². The van der Waals surface area contributed by atoms with Crippen molar-refractivity contribution in [3.05, 3.63) is 119 Å². The molecular formula is C35H35N3O5S. The van der Waals surface area contributed by atoms with E-state index in [1.54, 1.807) is 66.7 Å². The van der Waals surface area contributed by atoms with Gasteiger partial charge in [0.15, 0.2) is 11.5 Å². The highest BCUT2D eigenvalue weighted by atomic mass is 32.2. The van der Waals surface area contributed by atoms with E-state index in [1.807, 2.05) is 51.1 Å². The SMILES string of the molecule is COc1ccc(/C=C(/NC(=O)c2ccccc2)C(=O)Nc2cccc(SC(C)C(=O)Nc3cccc(C)c3C)c2)cc1OC. The van der Waals surface area contributed by atoms with Gasteiger partial charge in [-0.2, -0.15) is 0 Å². The molecule has 1 unspecified atom stereocenters. The Balaban J connectivity index is 1.52. The highest BCUT2D eigenvalue weighted by molar-refractivity contribution is 8.00. The second-order valence-electron chi connectivity index (χ2n) is 9.97. The van der Waals surface area contributed by atoms with Gasteiger partial charge in [-0.25, -0.2) is 0 Å². The predicted molar refractivity (Wildman–Crippen MR) is 176 cm³/mol. The number of hydrogen-bond acceptors (Lipinski definition) is 6. The summed E-state index contributed by atoms with van der Waals surface area (Å²) in [5.74, 6) is -0.0552. The van der Waals surface area contributed by atoms with Crippen LogP contribution in [0.1, 0.15) is 34.0 Å². The average Bonchev–Trinajstić information content (AvgIpc) is 3.03. The van der Waals surface area contributed by atoms with Crippen molar-refractivity contribution >= 4 is 46.9 Å². The molecule has 9 heteroatoms. The Kier molecular flexibility index (Phi) is 10.8. The van der Waals surface area contributed by atoms with E-state index in [4.69, 9.17) is 9.47 Å². The van der Waals surface area contributed by atoms with Gasteiger partial charge in [0.25, 0.3) is 11.8 Å². The standard InChI is InChI=1S/C35H35N3O5S/c1-22-11-9-16-29(23(22)2)37-33(39)24(3)44-28-15-10-14-27(21-28)36-35(41)30(38-34(40)26-12-7-6-8-13-26)19-25-17-18-31(42-4)32(20-25)43-5/h6-21,24H,1-5H3,(H,36,41)(H,37,39)(H,38,40)/b30-19+. The molecule has 4 rings (SSSR count). The molecule has 8 nitrogen and oxygen atoms in total. The first-order valence-corrected chi connectivity index (χ1v) is 14.8. The lowest BCUT2D eigenvalue weighted by Gasteiger charge is -2.15. The molecule has 0 spiro atoms. The number of rotatable bonds is 11. The molecule has 0 fully saturated rings. The van der Waals surface area contributed by atoms with E-state index in [-0.39, 0.29) is 11.6 Å². The Morgan fingerprint density at radius 2 is 1.52 bits per heavy atom. The van der Waals surface area contributed by atoms with Crippen molar-refractivity contribution in [3.63, 3.8) is 0 Å². The van der Waals surface area contributed by atoms with Gasteiger partial charge in [-0.3, -0.25) is 14.4 Å². The molecule has 0 saturated carbocycles. The number of anilines is 2. The number of carbonyl (C=O) groups is 3. The van der Waals surface area contributed by atoms with Crippen molar-refractivity contribution in [2.45, 2.75) is 30.9 Å². The fraction of sp³-hybridized carbons (Fsp3) is 0.171. The molecule has 0 radical (unpaired) electrons. The predicted octanol–water partition coefficient (Wildman–Crippen LogP) is 6.85. The maximum Gasteiger partial charge on any atom is 0.272 e. The van der Waals surface area contributed by atoms with E-state index in [9.17, 15) is 14.4 Å². The first-order valence-electron chi connectivity index (χ1n) is 13.9. The minimum absolute atomic E-state index is 0.0328. The Labute approximate surface area is 261 Å². The Hall–Kier alpha value is -5.02. The molecule has 0 bridgehead atoms. The van der Waals surface area contributed by atoms with Gasteiger partial charge in [0, 0.05) is 21.8 Å². The van der Waals surface area contributed by atoms with E-state index in [1.165, 1.54) is 26.0 Å². The van der Waals surface area contributed by atoms with E-state index < -0.39 is 17.1 Å². The Morgan fingerprint density at radius 3 is 2.25 bits per heavy atom. The van der Waals surface area contributed by atoms with Crippen molar-refractivity contribution in [3.8, 4) is 11.5 Å². The van der Waals surface area contributed by atoms with Crippen molar-refractivity contribution in [2.24, 2.45) is 0 Å². The second kappa shape index (κ2) is 14.9. The summed E-state index contributed by atoms with van der Waals surface area (Å²) in [4.78, 5) is 40.3. The first-order chi connectivity index (χ1) is 21.2. The number of benzene rings is 4. The summed E-state index contributed by atoms with van der Waals surface area (Å²) in [6.07, 6.45) is 1.57. The molecular weight excluding hydrogens is 574 g/mol. The smallest absolute Gasteiger partial charge is 0.272 e. The van der Waals surface area contributed by atoms with Crippen molar-refractivity contribution < 1.29 is 23.9 Å². The van der Waals surface area contributed by atoms with Crippen LogP contribution in [0.5, 0.6) is 11.5 Å². The van der Waals surface area contributed by atoms with E-state index in [2.05, 4.69) is 16.0 Å². The van der Waals surface area contributed by atoms with Gasteiger partial charge in [-0.15, -0.1) is 11.8 Å². The van der Waals surface area contributed by atoms with Crippen molar-refractivity contribution in [2.75, 3.05) is 24.9 Å². The summed E-state index contributed by atoms with van der Waals surface area (Å²) in [5.41, 5.74) is 4.49. The van der Waals surface area contributed by atoms with Gasteiger partial charge in [-0.05, 0) is 92.1 Å². The summed E-state index contributed by atoms with van der Waals surface area (Å²) >= 11 is 1.38. The number of amides is 3. The molecule has 226 valence electrons. The summed E-state index contributed by atoms with van der Waals surface area (Å²) in [5, 5.41) is 8.23. The summed E-state index contributed by atoms with van der Waals surface area (Å²) in [6, 6.07) is 26.8. The van der Waals surface area contributed by atoms with Crippen LogP contribution < -0.4 is 25.4 Å². The number of nitrogens with one attached hydrogen (secondary N) is 3. The number of ether oxygens (including phenoxy) is 2. The fourth-order valence-electron chi connectivity index (χ4n) is 4.28. The molecule has 44 heavy (non-hydrogen) atoms. The van der Waals surface area contributed by atoms with Gasteiger partial charge in [0.1, 0.15) is 5.70 Å². The largest absolute Gasteiger partial charge is 0.493 e. The fourth-order valence-corrected chi connectivity index (χ4v) is 5.20. The van der Waals surface area contributed by atoms with Gasteiger partial charge >= 0.3 is 0 Å². The molecule has 1 atom stereocenters. The maximum absolute atomic E-state index is 13.5. The van der Waals surface area contributed by atoms with Crippen LogP contribution in [0.15, 0.2) is 102 Å². The van der Waals surface area contributed by atoms with Crippen molar-refractivity contribution in [1.29, 1.82) is 0 Å². The third-order valence-corrected chi connectivity index (χ3v) is 7.98. The molecule has 4 aromatic carbocycles. The monoisotopic (exact) mass is 609 g/mol. The van der Waals surface area contributed by atoms with E-state index >= 15 is 0 Å². The van der Waals surface area contributed by atoms with Crippen LogP contribution in [0.3, 0.4) is 0 Å². The summed E-state index contributed by atoms with van der Waals surface area (Å²) < 4.78 is 10.7. The van der Waals surface area contributed by atoms with E-state index in [0.29, 0.717) is 28.3 Å². The summed E-state index contributed by atoms with van der Waals surface area (Å²) in [7, 11) is 3.06. The van der Waals surface area contributed by atoms with Crippen molar-refractivity contribution in [1.82, 2.24) is 5.32 Å². The third-order valence-electron chi connectivity index (χ3n) is 6.88. The first kappa shape index (κ1) is 31.9. The zero-order chi connectivity index (χ0) is 31.6. The number of aryl methyl sites for hydroxylation is 1. The van der Waals surface area contributed by atoms with Crippen LogP contribution >= 0.6 is 11.8 Å². The van der Waals surface area contributed by atoms with E-state index in [0.717, 1.165) is 21.7 Å². The van der Waals surface area contributed by atoms with Gasteiger partial charge < -0.3 is 25.4 Å². The minimum Gasteiger partial charge on any atom is -0.493 e. The number of thioether (sulfide) groups is 1. The lowest BCUT2D eigenvalue weighted by atomic mass is 10.1. The average molecular weight is 610 g/mol. The number of carbonyl (C=O) groups excluding carboxylic acids is 3. The quantitative estimate of drug-likeness (QED) is 0.127. The zero-order valence-corrected chi connectivity index (χ0v) is 26.1. The van der Waals surface area contributed by atoms with Crippen LogP contribution in [0.25, 0.3) is 6.08 Å². The van der Waals surface area contributed by atoms with Crippen LogP contribution in [0, 0.1) is 13.8 Å². The van der Waals surface area contributed by atoms with Crippen LogP contribution in [-0.2, 0) is 9.59 Å². The third kappa shape index (κ3) is 8.29. The van der Waals surface area contributed by atoms with Gasteiger partial charge in [0.05, 0.1) is 19.5 Å². The highest BCUT2D eigenvalue weighted by Gasteiger charge is 2.18. The van der Waals surface area contributed by atoms with Crippen LogP contribution in [0.4, 0.5) is 11.4 Å². The second-order valence-corrected chi connectivity index (χ2v) is 11.4.